The molecule has 0 saturated carbocycles. The summed E-state index contributed by atoms with van der Waals surface area (Å²) in [5, 5.41) is 1.69. The fourth-order valence-corrected chi connectivity index (χ4v) is 5.10. The molecule has 1 saturated heterocycles. The second kappa shape index (κ2) is 8.42. The third-order valence-corrected chi connectivity index (χ3v) is 7.07. The van der Waals surface area contributed by atoms with Gasteiger partial charge in [-0.25, -0.2) is 4.98 Å². The van der Waals surface area contributed by atoms with Crippen molar-refractivity contribution < 1.29 is 9.53 Å². The van der Waals surface area contributed by atoms with E-state index in [1.54, 1.807) is 11.3 Å². The van der Waals surface area contributed by atoms with Crippen LogP contribution in [0.2, 0.25) is 0 Å². The lowest BCUT2D eigenvalue weighted by Crippen LogP contribution is -2.43. The van der Waals surface area contributed by atoms with Crippen LogP contribution in [0.15, 0.2) is 42.6 Å². The normalized spacial score (nSPS) is 15.0. The molecule has 3 heterocycles. The number of aryl methyl sites for hydroxylation is 2. The number of nitrogens with zero attached hydrogens (tertiary/aromatic N) is 3. The average Bonchev–Trinajstić information content (AvgIpc) is 3.39. The zero-order chi connectivity index (χ0) is 21.4. The maximum absolute atomic E-state index is 13.7. The minimum atomic E-state index is -0.0155. The fourth-order valence-electron chi connectivity index (χ4n) is 4.03. The third-order valence-electron chi connectivity index (χ3n) is 6.03. The number of thiazole rings is 1. The van der Waals surface area contributed by atoms with E-state index in [9.17, 15) is 4.79 Å². The molecule has 1 aliphatic rings. The number of fused-ring (bicyclic) bond motifs is 2. The molecule has 2 aromatic heterocycles. The van der Waals surface area contributed by atoms with E-state index < -0.39 is 0 Å². The number of aromatic amines is 1. The standard InChI is InChI=1S/C24H26N4O2S/c1-16-13-21-22(14-17(16)2)31-24(26-21)28(8-7-27-9-11-30-12-10-27)23(29)19-15-25-20-6-4-3-5-18(19)20/h3-6,13-15,25H,7-12H2,1-2H3. The van der Waals surface area contributed by atoms with Crippen LogP contribution in [0.3, 0.4) is 0 Å². The SMILES string of the molecule is Cc1cc2nc(N(CCN3CCOCC3)C(=O)c3c[nH]c4ccccc34)sc2cc1C. The summed E-state index contributed by atoms with van der Waals surface area (Å²) in [6.07, 6.45) is 1.82. The van der Waals surface area contributed by atoms with Crippen molar-refractivity contribution in [3.05, 3.63) is 59.3 Å². The highest BCUT2D eigenvalue weighted by atomic mass is 32.1. The van der Waals surface area contributed by atoms with Gasteiger partial charge in [-0.2, -0.15) is 0 Å². The largest absolute Gasteiger partial charge is 0.379 e. The van der Waals surface area contributed by atoms with E-state index in [1.165, 1.54) is 11.1 Å². The lowest BCUT2D eigenvalue weighted by Gasteiger charge is -2.29. The molecule has 160 valence electrons. The first-order valence-corrected chi connectivity index (χ1v) is 11.5. The number of anilines is 1. The Balaban J connectivity index is 1.51. The number of carbonyl (C=O) groups excluding carboxylic acids is 1. The Kier molecular flexibility index (Phi) is 5.48. The topological polar surface area (TPSA) is 61.5 Å². The van der Waals surface area contributed by atoms with Gasteiger partial charge >= 0.3 is 0 Å². The predicted molar refractivity (Wildman–Crippen MR) is 126 cm³/mol. The van der Waals surface area contributed by atoms with Crippen molar-refractivity contribution in [1.82, 2.24) is 14.9 Å². The molecular formula is C24H26N4O2S. The molecular weight excluding hydrogens is 408 g/mol. The molecule has 1 N–H and O–H groups in total. The van der Waals surface area contributed by atoms with E-state index in [1.807, 2.05) is 35.4 Å². The molecule has 0 radical (unpaired) electrons. The van der Waals surface area contributed by atoms with Crippen LogP contribution in [-0.4, -0.2) is 60.2 Å². The second-order valence-corrected chi connectivity index (χ2v) is 9.07. The predicted octanol–water partition coefficient (Wildman–Crippen LogP) is 4.37. The molecule has 0 spiro atoms. The van der Waals surface area contributed by atoms with E-state index in [-0.39, 0.29) is 5.91 Å². The van der Waals surface area contributed by atoms with Crippen molar-refractivity contribution in [3.8, 4) is 0 Å². The number of aromatic nitrogens is 2. The zero-order valence-corrected chi connectivity index (χ0v) is 18.7. The van der Waals surface area contributed by atoms with Crippen LogP contribution in [0.1, 0.15) is 21.5 Å². The monoisotopic (exact) mass is 434 g/mol. The van der Waals surface area contributed by atoms with Crippen molar-refractivity contribution in [2.24, 2.45) is 0 Å². The van der Waals surface area contributed by atoms with Crippen molar-refractivity contribution >= 4 is 43.5 Å². The molecule has 1 aliphatic heterocycles. The van der Waals surface area contributed by atoms with Crippen molar-refractivity contribution in [1.29, 1.82) is 0 Å². The van der Waals surface area contributed by atoms with Gasteiger partial charge in [0.05, 0.1) is 29.0 Å². The number of carbonyl (C=O) groups is 1. The number of rotatable bonds is 5. The van der Waals surface area contributed by atoms with Gasteiger partial charge in [-0.05, 0) is 43.2 Å². The smallest absolute Gasteiger partial charge is 0.262 e. The van der Waals surface area contributed by atoms with Crippen LogP contribution in [-0.2, 0) is 4.74 Å². The number of benzene rings is 2. The summed E-state index contributed by atoms with van der Waals surface area (Å²) in [4.78, 5) is 26.0. The summed E-state index contributed by atoms with van der Waals surface area (Å²) in [5.41, 5.74) is 5.06. The number of morpholine rings is 1. The maximum Gasteiger partial charge on any atom is 0.262 e. The van der Waals surface area contributed by atoms with Crippen LogP contribution in [0.5, 0.6) is 0 Å². The molecule has 0 atom stereocenters. The highest BCUT2D eigenvalue weighted by molar-refractivity contribution is 7.22. The van der Waals surface area contributed by atoms with E-state index in [2.05, 4.69) is 35.9 Å². The molecule has 6 nitrogen and oxygen atoms in total. The quantitative estimate of drug-likeness (QED) is 0.507. The Hall–Kier alpha value is -2.74. The van der Waals surface area contributed by atoms with Gasteiger partial charge in [-0.15, -0.1) is 0 Å². The number of para-hydroxylation sites is 1. The van der Waals surface area contributed by atoms with E-state index in [4.69, 9.17) is 9.72 Å². The number of nitrogens with one attached hydrogen (secondary N) is 1. The maximum atomic E-state index is 13.7. The van der Waals surface area contributed by atoms with Gasteiger partial charge in [-0.3, -0.25) is 14.6 Å². The van der Waals surface area contributed by atoms with Crippen molar-refractivity contribution in [2.45, 2.75) is 13.8 Å². The van der Waals surface area contributed by atoms with Gasteiger partial charge in [0.15, 0.2) is 5.13 Å². The highest BCUT2D eigenvalue weighted by Crippen LogP contribution is 2.32. The Morgan fingerprint density at radius 3 is 2.81 bits per heavy atom. The minimum Gasteiger partial charge on any atom is -0.379 e. The number of hydrogen-bond acceptors (Lipinski definition) is 5. The number of H-pyrrole nitrogens is 1. The summed E-state index contributed by atoms with van der Waals surface area (Å²) >= 11 is 1.59. The Labute approximate surface area is 185 Å². The van der Waals surface area contributed by atoms with Crippen LogP contribution in [0.25, 0.3) is 21.1 Å². The third kappa shape index (κ3) is 3.96. The molecule has 2 aromatic carbocycles. The molecule has 0 aliphatic carbocycles. The van der Waals surface area contributed by atoms with Gasteiger partial charge in [0.25, 0.3) is 5.91 Å². The summed E-state index contributed by atoms with van der Waals surface area (Å²) in [5.74, 6) is -0.0155. The Morgan fingerprint density at radius 2 is 1.97 bits per heavy atom. The van der Waals surface area contributed by atoms with Gasteiger partial charge in [0.1, 0.15) is 0 Å². The number of hydrogen-bond donors (Lipinski definition) is 1. The van der Waals surface area contributed by atoms with Crippen LogP contribution in [0, 0.1) is 13.8 Å². The molecule has 7 heteroatoms. The van der Waals surface area contributed by atoms with Crippen molar-refractivity contribution in [2.75, 3.05) is 44.3 Å². The number of amides is 1. The molecule has 5 rings (SSSR count). The van der Waals surface area contributed by atoms with Gasteiger partial charge < -0.3 is 9.72 Å². The van der Waals surface area contributed by atoms with Gasteiger partial charge in [-0.1, -0.05) is 29.5 Å². The first-order chi connectivity index (χ1) is 15.1. The van der Waals surface area contributed by atoms with Crippen LogP contribution < -0.4 is 4.90 Å². The summed E-state index contributed by atoms with van der Waals surface area (Å²) < 4.78 is 6.58. The second-order valence-electron chi connectivity index (χ2n) is 8.06. The van der Waals surface area contributed by atoms with Crippen LogP contribution in [0.4, 0.5) is 5.13 Å². The molecule has 0 unspecified atom stereocenters. The zero-order valence-electron chi connectivity index (χ0n) is 17.9. The molecule has 31 heavy (non-hydrogen) atoms. The van der Waals surface area contributed by atoms with Crippen LogP contribution >= 0.6 is 11.3 Å². The molecule has 4 aromatic rings. The van der Waals surface area contributed by atoms with E-state index in [0.29, 0.717) is 12.1 Å². The van der Waals surface area contributed by atoms with E-state index in [0.717, 1.165) is 59.1 Å². The number of ether oxygens (including phenoxy) is 1. The first-order valence-electron chi connectivity index (χ1n) is 10.7. The minimum absolute atomic E-state index is 0.0155. The Bertz CT molecular complexity index is 1200. The highest BCUT2D eigenvalue weighted by Gasteiger charge is 2.25. The fraction of sp³-hybridized carbons (Fsp3) is 0.333. The lowest BCUT2D eigenvalue weighted by molar-refractivity contribution is 0.0391. The lowest BCUT2D eigenvalue weighted by atomic mass is 10.1. The summed E-state index contributed by atoms with van der Waals surface area (Å²) in [6.45, 7) is 8.89. The first kappa shape index (κ1) is 20.2. The van der Waals surface area contributed by atoms with Gasteiger partial charge in [0, 0.05) is 43.3 Å². The van der Waals surface area contributed by atoms with Gasteiger partial charge in [0.2, 0.25) is 0 Å². The van der Waals surface area contributed by atoms with E-state index >= 15 is 0 Å². The van der Waals surface area contributed by atoms with Crippen molar-refractivity contribution in [3.63, 3.8) is 0 Å². The Morgan fingerprint density at radius 1 is 1.19 bits per heavy atom. The molecule has 1 fully saturated rings. The summed E-state index contributed by atoms with van der Waals surface area (Å²) in [6, 6.07) is 12.2. The average molecular weight is 435 g/mol. The molecule has 1 amide bonds. The summed E-state index contributed by atoms with van der Waals surface area (Å²) in [7, 11) is 0. The molecule has 0 bridgehead atoms.